The molecule has 9 nitrogen and oxygen atoms in total. The van der Waals surface area contributed by atoms with Gasteiger partial charge in [-0.05, 0) is 54.6 Å². The quantitative estimate of drug-likeness (QED) is 0.299. The number of nitrogens with zero attached hydrogens (tertiary/aromatic N) is 1. The van der Waals surface area contributed by atoms with Crippen LogP contribution in [0.25, 0.3) is 10.9 Å². The number of carbonyl (C=O) groups is 1. The van der Waals surface area contributed by atoms with Gasteiger partial charge < -0.3 is 24.5 Å². The van der Waals surface area contributed by atoms with E-state index in [4.69, 9.17) is 26.2 Å². The molecule has 0 aliphatic carbocycles. The summed E-state index contributed by atoms with van der Waals surface area (Å²) in [5.41, 5.74) is 2.12. The second-order valence-electron chi connectivity index (χ2n) is 7.78. The van der Waals surface area contributed by atoms with Gasteiger partial charge in [0.1, 0.15) is 23.8 Å². The lowest BCUT2D eigenvalue weighted by Crippen LogP contribution is -2.31. The summed E-state index contributed by atoms with van der Waals surface area (Å²) in [5, 5.41) is 13.2. The summed E-state index contributed by atoms with van der Waals surface area (Å²) >= 11 is 6.44. The summed E-state index contributed by atoms with van der Waals surface area (Å²) in [6.07, 6.45) is 0. The van der Waals surface area contributed by atoms with E-state index >= 15 is 0 Å². The van der Waals surface area contributed by atoms with Crippen molar-refractivity contribution in [1.82, 2.24) is 9.29 Å². The van der Waals surface area contributed by atoms with E-state index in [2.05, 4.69) is 10.0 Å². The summed E-state index contributed by atoms with van der Waals surface area (Å²) in [5.74, 6) is 0.267. The fraction of sp³-hybridized carbons (Fsp3) is 0.160. The monoisotopic (exact) mass is 529 g/mol. The Hall–Kier alpha value is -3.73. The highest BCUT2D eigenvalue weighted by Gasteiger charge is 2.23. The molecule has 0 radical (unpaired) electrons. The fourth-order valence-corrected chi connectivity index (χ4v) is 4.97. The number of halogens is 1. The van der Waals surface area contributed by atoms with Crippen LogP contribution in [0, 0.1) is 0 Å². The van der Waals surface area contributed by atoms with Gasteiger partial charge in [-0.25, -0.2) is 13.1 Å². The van der Waals surface area contributed by atoms with E-state index in [1.165, 1.54) is 24.3 Å². The number of hydrogen-bond donors (Lipinski definition) is 3. The number of nitrogens with one attached hydrogen (secondary N) is 2. The summed E-state index contributed by atoms with van der Waals surface area (Å²) in [6, 6.07) is 17.9. The number of rotatable bonds is 9. The molecule has 4 rings (SSSR count). The lowest BCUT2D eigenvalue weighted by Gasteiger charge is -2.11. The maximum atomic E-state index is 13.1. The smallest absolute Gasteiger partial charge is 0.281 e. The van der Waals surface area contributed by atoms with Crippen LogP contribution >= 0.6 is 11.6 Å². The molecule has 0 aliphatic rings. The van der Waals surface area contributed by atoms with Crippen molar-refractivity contribution in [3.63, 3.8) is 0 Å². The third kappa shape index (κ3) is 5.25. The van der Waals surface area contributed by atoms with Crippen LogP contribution in [-0.4, -0.2) is 44.3 Å². The SMILES string of the molecule is COc1cccc(Nc2ccc(Cl)c3c2cc(C(=O)NS(=O)(=O)c2ccc(OCCO)cc2)n3C)c1. The van der Waals surface area contributed by atoms with Gasteiger partial charge in [-0.2, -0.15) is 0 Å². The van der Waals surface area contributed by atoms with Crippen LogP contribution in [0.1, 0.15) is 10.5 Å². The summed E-state index contributed by atoms with van der Waals surface area (Å²) < 4.78 is 39.8. The van der Waals surface area contributed by atoms with E-state index in [0.29, 0.717) is 33.1 Å². The van der Waals surface area contributed by atoms with Gasteiger partial charge in [-0.1, -0.05) is 17.7 Å². The Labute approximate surface area is 213 Å². The standard InChI is InChI=1S/C25H24ClN3O6S/c1-29-23(25(31)28-36(32,33)19-8-6-17(7-9-19)35-13-12-30)15-20-22(11-10-21(26)24(20)29)27-16-4-3-5-18(14-16)34-2/h3-11,14-15,27,30H,12-13H2,1-2H3,(H,28,31). The average molecular weight is 530 g/mol. The van der Waals surface area contributed by atoms with E-state index in [0.717, 1.165) is 5.69 Å². The highest BCUT2D eigenvalue weighted by Crippen LogP contribution is 2.34. The Morgan fingerprint density at radius 2 is 1.81 bits per heavy atom. The predicted molar refractivity (Wildman–Crippen MR) is 138 cm³/mol. The van der Waals surface area contributed by atoms with Crippen molar-refractivity contribution < 1.29 is 27.8 Å². The first-order valence-electron chi connectivity index (χ1n) is 10.8. The van der Waals surface area contributed by atoms with Gasteiger partial charge in [0.25, 0.3) is 15.9 Å². The molecule has 11 heteroatoms. The van der Waals surface area contributed by atoms with E-state index in [1.807, 2.05) is 24.3 Å². The van der Waals surface area contributed by atoms with E-state index in [9.17, 15) is 13.2 Å². The molecule has 0 aliphatic heterocycles. The zero-order valence-corrected chi connectivity index (χ0v) is 21.1. The van der Waals surface area contributed by atoms with Gasteiger partial charge in [0.05, 0.1) is 29.2 Å². The maximum absolute atomic E-state index is 13.1. The molecule has 4 aromatic rings. The van der Waals surface area contributed by atoms with Crippen LogP contribution in [0.5, 0.6) is 11.5 Å². The second-order valence-corrected chi connectivity index (χ2v) is 9.87. The largest absolute Gasteiger partial charge is 0.497 e. The van der Waals surface area contributed by atoms with Crippen molar-refractivity contribution in [3.8, 4) is 11.5 Å². The zero-order valence-electron chi connectivity index (χ0n) is 19.5. The first kappa shape index (κ1) is 25.4. The molecule has 0 saturated heterocycles. The molecule has 0 spiro atoms. The highest BCUT2D eigenvalue weighted by molar-refractivity contribution is 7.90. The van der Waals surface area contributed by atoms with Crippen LogP contribution in [0.15, 0.2) is 71.6 Å². The third-order valence-corrected chi connectivity index (χ3v) is 7.10. The Bertz CT molecular complexity index is 1520. The summed E-state index contributed by atoms with van der Waals surface area (Å²) in [6.45, 7) is -0.0803. The van der Waals surface area contributed by atoms with Crippen LogP contribution in [-0.2, 0) is 17.1 Å². The van der Waals surface area contributed by atoms with Gasteiger partial charge in [0, 0.05) is 29.9 Å². The highest BCUT2D eigenvalue weighted by atomic mass is 35.5. The first-order chi connectivity index (χ1) is 17.2. The van der Waals surface area contributed by atoms with Crippen molar-refractivity contribution in [3.05, 3.63) is 77.4 Å². The van der Waals surface area contributed by atoms with Crippen LogP contribution < -0.4 is 19.5 Å². The summed E-state index contributed by atoms with van der Waals surface area (Å²) in [7, 11) is -0.940. The van der Waals surface area contributed by atoms with Crippen molar-refractivity contribution in [1.29, 1.82) is 0 Å². The molecule has 0 unspecified atom stereocenters. The minimum absolute atomic E-state index is 0.0844. The minimum Gasteiger partial charge on any atom is -0.497 e. The number of sulfonamides is 1. The number of aromatic nitrogens is 1. The van der Waals surface area contributed by atoms with Crippen molar-refractivity contribution in [2.75, 3.05) is 25.6 Å². The van der Waals surface area contributed by atoms with Crippen LogP contribution in [0.2, 0.25) is 5.02 Å². The molecule has 0 saturated carbocycles. The van der Waals surface area contributed by atoms with Crippen LogP contribution in [0.4, 0.5) is 11.4 Å². The molecule has 0 bridgehead atoms. The lowest BCUT2D eigenvalue weighted by atomic mass is 10.2. The van der Waals surface area contributed by atoms with Crippen LogP contribution in [0.3, 0.4) is 0 Å². The number of methoxy groups -OCH3 is 1. The molecule has 188 valence electrons. The zero-order chi connectivity index (χ0) is 25.9. The van der Waals surface area contributed by atoms with Gasteiger partial charge >= 0.3 is 0 Å². The van der Waals surface area contributed by atoms with Crippen molar-refractivity contribution >= 4 is 49.8 Å². The molecular weight excluding hydrogens is 506 g/mol. The number of hydrogen-bond acceptors (Lipinski definition) is 7. The number of carbonyl (C=O) groups excluding carboxylic acids is 1. The van der Waals surface area contributed by atoms with Gasteiger partial charge in [0.15, 0.2) is 0 Å². The Kier molecular flexibility index (Phi) is 7.39. The molecule has 1 heterocycles. The average Bonchev–Trinajstić information content (AvgIpc) is 3.23. The maximum Gasteiger partial charge on any atom is 0.281 e. The van der Waals surface area contributed by atoms with E-state index < -0.39 is 15.9 Å². The van der Waals surface area contributed by atoms with Gasteiger partial charge in [-0.15, -0.1) is 0 Å². The molecule has 0 fully saturated rings. The molecule has 3 aromatic carbocycles. The predicted octanol–water partition coefficient (Wildman–Crippen LogP) is 4.07. The topological polar surface area (TPSA) is 119 Å². The van der Waals surface area contributed by atoms with Crippen molar-refractivity contribution in [2.24, 2.45) is 7.05 Å². The summed E-state index contributed by atoms with van der Waals surface area (Å²) in [4.78, 5) is 12.9. The van der Waals surface area contributed by atoms with Gasteiger partial charge in [-0.3, -0.25) is 4.79 Å². The number of aryl methyl sites for hydroxylation is 1. The Balaban J connectivity index is 1.63. The minimum atomic E-state index is -4.16. The Morgan fingerprint density at radius 1 is 1.06 bits per heavy atom. The number of benzene rings is 3. The molecule has 1 aromatic heterocycles. The van der Waals surface area contributed by atoms with Gasteiger partial charge in [0.2, 0.25) is 0 Å². The van der Waals surface area contributed by atoms with E-state index in [-0.39, 0.29) is 23.8 Å². The molecule has 1 amide bonds. The first-order valence-corrected chi connectivity index (χ1v) is 12.7. The molecule has 3 N–H and O–H groups in total. The van der Waals surface area contributed by atoms with Crippen molar-refractivity contribution in [2.45, 2.75) is 4.90 Å². The fourth-order valence-electron chi connectivity index (χ4n) is 3.72. The molecule has 0 atom stereocenters. The number of aliphatic hydroxyl groups is 1. The van der Waals surface area contributed by atoms with E-state index in [1.54, 1.807) is 36.9 Å². The lowest BCUT2D eigenvalue weighted by molar-refractivity contribution is 0.0974. The molecule has 36 heavy (non-hydrogen) atoms. The number of anilines is 2. The number of ether oxygens (including phenoxy) is 2. The second kappa shape index (κ2) is 10.5. The number of fused-ring (bicyclic) bond motifs is 1. The third-order valence-electron chi connectivity index (χ3n) is 5.45. The normalized spacial score (nSPS) is 11.3. The molecular formula is C25H24ClN3O6S. The Morgan fingerprint density at radius 3 is 2.50 bits per heavy atom. The number of aliphatic hydroxyl groups excluding tert-OH is 1. The number of amides is 1.